The van der Waals surface area contributed by atoms with Gasteiger partial charge in [0.1, 0.15) is 5.52 Å². The van der Waals surface area contributed by atoms with Crippen LogP contribution >= 0.6 is 0 Å². The number of carbonyl (C=O) groups excluding carboxylic acids is 1. The van der Waals surface area contributed by atoms with Gasteiger partial charge >= 0.3 is 0 Å². The molecule has 7 nitrogen and oxygen atoms in total. The van der Waals surface area contributed by atoms with E-state index in [0.29, 0.717) is 23.2 Å². The van der Waals surface area contributed by atoms with Crippen LogP contribution in [0.5, 0.6) is 0 Å². The molecule has 0 atom stereocenters. The first-order valence-electron chi connectivity index (χ1n) is 8.28. The molecule has 4 aromatic rings. The maximum absolute atomic E-state index is 12.1. The van der Waals surface area contributed by atoms with E-state index in [9.17, 15) is 4.79 Å². The van der Waals surface area contributed by atoms with Gasteiger partial charge in [0.15, 0.2) is 11.5 Å². The van der Waals surface area contributed by atoms with Crippen molar-refractivity contribution in [3.63, 3.8) is 0 Å². The van der Waals surface area contributed by atoms with Crippen LogP contribution in [0.25, 0.3) is 22.5 Å². The zero-order valence-corrected chi connectivity index (χ0v) is 14.1. The topological polar surface area (TPSA) is 94.1 Å². The van der Waals surface area contributed by atoms with Gasteiger partial charge in [-0.1, -0.05) is 30.3 Å². The number of nitrogens with zero attached hydrogens (tertiary/aromatic N) is 3. The second-order valence-corrected chi connectivity index (χ2v) is 5.70. The van der Waals surface area contributed by atoms with Gasteiger partial charge in [0, 0.05) is 17.5 Å². The monoisotopic (exact) mass is 348 g/mol. The van der Waals surface area contributed by atoms with Crippen LogP contribution in [0.15, 0.2) is 57.5 Å². The van der Waals surface area contributed by atoms with Crippen molar-refractivity contribution in [3.05, 3.63) is 65.9 Å². The quantitative estimate of drug-likeness (QED) is 0.594. The molecule has 4 rings (SSSR count). The van der Waals surface area contributed by atoms with E-state index in [1.165, 1.54) is 0 Å². The number of fused-ring (bicyclic) bond motifs is 1. The van der Waals surface area contributed by atoms with E-state index in [4.69, 9.17) is 8.94 Å². The molecule has 0 radical (unpaired) electrons. The minimum atomic E-state index is -0.193. The minimum Gasteiger partial charge on any atom is -0.441 e. The van der Waals surface area contributed by atoms with E-state index in [1.807, 2.05) is 43.3 Å². The second kappa shape index (κ2) is 6.79. The molecular formula is C19H16N4O3. The molecule has 0 saturated carbocycles. The highest BCUT2D eigenvalue weighted by Gasteiger charge is 2.13. The molecule has 0 bridgehead atoms. The van der Waals surface area contributed by atoms with E-state index in [-0.39, 0.29) is 12.5 Å². The summed E-state index contributed by atoms with van der Waals surface area (Å²) in [4.78, 5) is 20.8. The third-order valence-electron chi connectivity index (χ3n) is 3.90. The van der Waals surface area contributed by atoms with E-state index in [0.717, 1.165) is 23.1 Å². The van der Waals surface area contributed by atoms with Crippen molar-refractivity contribution in [2.45, 2.75) is 19.9 Å². The second-order valence-electron chi connectivity index (χ2n) is 5.70. The lowest BCUT2D eigenvalue weighted by Crippen LogP contribution is -2.22. The van der Waals surface area contributed by atoms with Crippen LogP contribution in [0, 0.1) is 0 Å². The van der Waals surface area contributed by atoms with Crippen molar-refractivity contribution in [1.82, 2.24) is 20.4 Å². The number of amides is 1. The van der Waals surface area contributed by atoms with E-state index in [2.05, 4.69) is 20.4 Å². The first-order valence-corrected chi connectivity index (χ1v) is 8.28. The number of carbonyl (C=O) groups is 1. The Morgan fingerprint density at radius 1 is 1.08 bits per heavy atom. The number of aryl methyl sites for hydroxylation is 1. The van der Waals surface area contributed by atoms with Gasteiger partial charge in [0.2, 0.25) is 11.7 Å². The Hall–Kier alpha value is -3.48. The fourth-order valence-electron chi connectivity index (χ4n) is 2.56. The highest BCUT2D eigenvalue weighted by atomic mass is 16.5. The Kier molecular flexibility index (Phi) is 4.18. The largest absolute Gasteiger partial charge is 0.441 e. The number of aromatic nitrogens is 3. The first kappa shape index (κ1) is 16.0. The molecule has 0 unspecified atom stereocenters. The Labute approximate surface area is 149 Å². The van der Waals surface area contributed by atoms with Crippen LogP contribution in [0.3, 0.4) is 0 Å². The molecule has 7 heteroatoms. The van der Waals surface area contributed by atoms with Crippen LogP contribution < -0.4 is 5.32 Å². The summed E-state index contributed by atoms with van der Waals surface area (Å²) < 4.78 is 10.8. The molecule has 130 valence electrons. The minimum absolute atomic E-state index is 0.160. The third-order valence-corrected chi connectivity index (χ3v) is 3.90. The molecule has 0 saturated heterocycles. The number of benzene rings is 2. The van der Waals surface area contributed by atoms with Gasteiger partial charge in [-0.15, -0.1) is 0 Å². The smallest absolute Gasteiger partial charge is 0.251 e. The van der Waals surface area contributed by atoms with Crippen molar-refractivity contribution in [3.8, 4) is 11.4 Å². The van der Waals surface area contributed by atoms with Crippen LogP contribution in [0.1, 0.15) is 29.1 Å². The fourth-order valence-corrected chi connectivity index (χ4v) is 2.56. The molecule has 0 fully saturated rings. The van der Waals surface area contributed by atoms with Crippen molar-refractivity contribution >= 4 is 17.0 Å². The van der Waals surface area contributed by atoms with E-state index < -0.39 is 0 Å². The number of rotatable bonds is 5. The van der Waals surface area contributed by atoms with Crippen LogP contribution in [0.4, 0.5) is 0 Å². The van der Waals surface area contributed by atoms with Gasteiger partial charge in [-0.05, 0) is 30.3 Å². The summed E-state index contributed by atoms with van der Waals surface area (Å²) in [5, 5.41) is 6.73. The third kappa shape index (κ3) is 3.19. The molecule has 0 spiro atoms. The van der Waals surface area contributed by atoms with Crippen molar-refractivity contribution < 1.29 is 13.7 Å². The number of nitrogens with one attached hydrogen (secondary N) is 1. The van der Waals surface area contributed by atoms with Crippen LogP contribution in [0.2, 0.25) is 0 Å². The Bertz CT molecular complexity index is 1050. The molecule has 1 N–H and O–H groups in total. The van der Waals surface area contributed by atoms with E-state index in [1.54, 1.807) is 12.1 Å². The Morgan fingerprint density at radius 2 is 1.92 bits per heavy atom. The predicted molar refractivity (Wildman–Crippen MR) is 94.3 cm³/mol. The normalized spacial score (nSPS) is 11.0. The maximum Gasteiger partial charge on any atom is 0.251 e. The summed E-state index contributed by atoms with van der Waals surface area (Å²) >= 11 is 0. The lowest BCUT2D eigenvalue weighted by atomic mass is 10.2. The summed E-state index contributed by atoms with van der Waals surface area (Å²) in [5.74, 6) is 1.27. The van der Waals surface area contributed by atoms with E-state index >= 15 is 0 Å². The van der Waals surface area contributed by atoms with Crippen LogP contribution in [-0.2, 0) is 13.0 Å². The summed E-state index contributed by atoms with van der Waals surface area (Å²) in [6, 6.07) is 14.5. The molecule has 1 amide bonds. The lowest BCUT2D eigenvalue weighted by Gasteiger charge is -2.01. The summed E-state index contributed by atoms with van der Waals surface area (Å²) in [6.07, 6.45) is 0.734. The van der Waals surface area contributed by atoms with Crippen molar-refractivity contribution in [2.24, 2.45) is 0 Å². The van der Waals surface area contributed by atoms with Gasteiger partial charge in [-0.3, -0.25) is 4.79 Å². The average molecular weight is 348 g/mol. The highest BCUT2D eigenvalue weighted by Crippen LogP contribution is 2.23. The molecular weight excluding hydrogens is 332 g/mol. The molecule has 2 aromatic heterocycles. The number of hydrogen-bond acceptors (Lipinski definition) is 6. The van der Waals surface area contributed by atoms with Crippen LogP contribution in [-0.4, -0.2) is 21.0 Å². The molecule has 2 aromatic carbocycles. The fraction of sp³-hybridized carbons (Fsp3) is 0.158. The van der Waals surface area contributed by atoms with Crippen molar-refractivity contribution in [1.29, 1.82) is 0 Å². The zero-order chi connectivity index (χ0) is 17.9. The summed E-state index contributed by atoms with van der Waals surface area (Å²) in [6.45, 7) is 2.15. The maximum atomic E-state index is 12.1. The summed E-state index contributed by atoms with van der Waals surface area (Å²) in [5.41, 5.74) is 2.83. The molecule has 2 heterocycles. The molecule has 0 aliphatic rings. The van der Waals surface area contributed by atoms with Gasteiger partial charge in [-0.2, -0.15) is 4.98 Å². The standard InChI is InChI=1S/C19H16N4O3/c1-2-16-21-14-10-13(8-9-15(14)25-16)18-22-17(26-23-18)11-20-19(24)12-6-4-3-5-7-12/h3-10H,2,11H2,1H3,(H,20,24). The number of hydrogen-bond donors (Lipinski definition) is 1. The zero-order valence-electron chi connectivity index (χ0n) is 14.1. The SMILES string of the molecule is CCc1nc2cc(-c3noc(CNC(=O)c4ccccc4)n3)ccc2o1. The predicted octanol–water partition coefficient (Wildman–Crippen LogP) is 3.37. The number of oxazole rings is 1. The molecule has 0 aliphatic heterocycles. The molecule has 26 heavy (non-hydrogen) atoms. The Balaban J connectivity index is 1.48. The van der Waals surface area contributed by atoms with Gasteiger partial charge in [0.05, 0.1) is 6.54 Å². The highest BCUT2D eigenvalue weighted by molar-refractivity contribution is 5.94. The first-order chi connectivity index (χ1) is 12.7. The summed E-state index contributed by atoms with van der Waals surface area (Å²) in [7, 11) is 0. The molecule has 0 aliphatic carbocycles. The Morgan fingerprint density at radius 3 is 2.73 bits per heavy atom. The average Bonchev–Trinajstić information content (AvgIpc) is 3.32. The van der Waals surface area contributed by atoms with Gasteiger partial charge in [-0.25, -0.2) is 4.98 Å². The van der Waals surface area contributed by atoms with Gasteiger partial charge < -0.3 is 14.3 Å². The van der Waals surface area contributed by atoms with Gasteiger partial charge in [0.25, 0.3) is 5.91 Å². The lowest BCUT2D eigenvalue weighted by molar-refractivity contribution is 0.0946. The van der Waals surface area contributed by atoms with Crippen molar-refractivity contribution in [2.75, 3.05) is 0 Å².